The number of rotatable bonds is 5. The Kier molecular flexibility index (Phi) is 7.24. The number of aromatic nitrogens is 4. The lowest BCUT2D eigenvalue weighted by Gasteiger charge is -2.12. The predicted octanol–water partition coefficient (Wildman–Crippen LogP) is 14.4. The van der Waals surface area contributed by atoms with Gasteiger partial charge in [-0.1, -0.05) is 127 Å². The molecule has 0 aliphatic carbocycles. The predicted molar refractivity (Wildman–Crippen MR) is 242 cm³/mol. The minimum absolute atomic E-state index is 0.652. The van der Waals surface area contributed by atoms with E-state index in [4.69, 9.17) is 15.0 Å². The first-order valence-corrected chi connectivity index (χ1v) is 20.7. The smallest absolute Gasteiger partial charge is 0.165 e. The van der Waals surface area contributed by atoms with Crippen LogP contribution >= 0.6 is 22.7 Å². The van der Waals surface area contributed by atoms with Crippen molar-refractivity contribution in [1.82, 2.24) is 19.5 Å². The molecule has 8 aromatic carbocycles. The number of fused-ring (bicyclic) bond motifs is 10. The summed E-state index contributed by atoms with van der Waals surface area (Å²) in [6.45, 7) is 0. The molecule has 0 bridgehead atoms. The van der Waals surface area contributed by atoms with Crippen molar-refractivity contribution in [1.29, 1.82) is 0 Å². The van der Waals surface area contributed by atoms with Crippen LogP contribution in [0.15, 0.2) is 182 Å². The highest BCUT2D eigenvalue weighted by Gasteiger charge is 2.22. The van der Waals surface area contributed by atoms with E-state index in [1.54, 1.807) is 0 Å². The molecule has 0 radical (unpaired) electrons. The molecule has 12 rings (SSSR count). The standard InChI is InChI=1S/C51H30N4S2/c1-4-14-31(15-5-1)49-52-50(32-16-6-2-7-17-32)54-51(53-49)40-29-34(28-39-47-45(57-48(39)40)27-26-44-46(47)38-21-11-13-23-43(38)56-44)33-24-25-37-36-20-10-12-22-41(36)55(42(37)30-33)35-18-8-3-9-19-35/h1-30H. The van der Waals surface area contributed by atoms with E-state index in [1.807, 2.05) is 59.1 Å². The van der Waals surface area contributed by atoms with Crippen LogP contribution in [-0.2, 0) is 0 Å². The fraction of sp³-hybridized carbons (Fsp3) is 0. The zero-order valence-electron chi connectivity index (χ0n) is 30.4. The Morgan fingerprint density at radius 2 is 0.930 bits per heavy atom. The van der Waals surface area contributed by atoms with E-state index in [1.165, 1.54) is 62.2 Å². The summed E-state index contributed by atoms with van der Waals surface area (Å²) in [5.74, 6) is 1.96. The fourth-order valence-corrected chi connectivity index (χ4v) is 10.8. The average molecular weight is 763 g/mol. The molecule has 4 aromatic heterocycles. The zero-order chi connectivity index (χ0) is 37.5. The molecule has 12 aromatic rings. The van der Waals surface area contributed by atoms with E-state index in [0.29, 0.717) is 17.5 Å². The first-order valence-electron chi connectivity index (χ1n) is 19.0. The van der Waals surface area contributed by atoms with E-state index in [0.717, 1.165) is 33.5 Å². The first kappa shape index (κ1) is 32.3. The van der Waals surface area contributed by atoms with E-state index in [-0.39, 0.29) is 0 Å². The Bertz CT molecular complexity index is 3450. The quantitative estimate of drug-likeness (QED) is 0.175. The topological polar surface area (TPSA) is 43.6 Å². The van der Waals surface area contributed by atoms with Gasteiger partial charge in [0, 0.05) is 73.5 Å². The third-order valence-electron chi connectivity index (χ3n) is 11.0. The summed E-state index contributed by atoms with van der Waals surface area (Å²) in [5, 5.41) is 7.57. The van der Waals surface area contributed by atoms with Crippen LogP contribution < -0.4 is 0 Å². The van der Waals surface area contributed by atoms with Gasteiger partial charge < -0.3 is 4.57 Å². The molecule has 0 aliphatic rings. The maximum absolute atomic E-state index is 5.27. The highest BCUT2D eigenvalue weighted by molar-refractivity contribution is 7.28. The van der Waals surface area contributed by atoms with E-state index in [9.17, 15) is 0 Å². The lowest BCUT2D eigenvalue weighted by molar-refractivity contribution is 1.08. The largest absolute Gasteiger partial charge is 0.309 e. The van der Waals surface area contributed by atoms with Crippen LogP contribution in [0.1, 0.15) is 0 Å². The number of hydrogen-bond acceptors (Lipinski definition) is 5. The van der Waals surface area contributed by atoms with Crippen molar-refractivity contribution in [3.63, 3.8) is 0 Å². The van der Waals surface area contributed by atoms with Crippen LogP contribution in [0.4, 0.5) is 0 Å². The number of nitrogens with zero attached hydrogens (tertiary/aromatic N) is 4. The SMILES string of the molecule is c1ccc(-c2nc(-c3ccccc3)nc(-c3cc(-c4ccc5c6ccccc6n(-c6ccccc6)c5c4)cc4c3sc3ccc5sc6ccccc6c5c34)n2)cc1. The normalized spacial score (nSPS) is 11.9. The van der Waals surface area contributed by atoms with Gasteiger partial charge in [-0.15, -0.1) is 22.7 Å². The van der Waals surface area contributed by atoms with Gasteiger partial charge in [0.1, 0.15) is 0 Å². The monoisotopic (exact) mass is 762 g/mol. The van der Waals surface area contributed by atoms with Crippen LogP contribution in [0.2, 0.25) is 0 Å². The van der Waals surface area contributed by atoms with E-state index < -0.39 is 0 Å². The van der Waals surface area contributed by atoms with Crippen molar-refractivity contribution in [2.24, 2.45) is 0 Å². The number of benzene rings is 8. The third kappa shape index (κ3) is 5.15. The molecular formula is C51H30N4S2. The van der Waals surface area contributed by atoms with Gasteiger partial charge in [0.05, 0.1) is 11.0 Å². The second-order valence-electron chi connectivity index (χ2n) is 14.4. The van der Waals surface area contributed by atoms with Crippen LogP contribution in [-0.4, -0.2) is 19.5 Å². The summed E-state index contributed by atoms with van der Waals surface area (Å²) in [5.41, 5.74) is 8.64. The van der Waals surface area contributed by atoms with Crippen molar-refractivity contribution in [2.45, 2.75) is 0 Å². The molecule has 0 amide bonds. The third-order valence-corrected chi connectivity index (χ3v) is 13.4. The Balaban J connectivity index is 1.19. The van der Waals surface area contributed by atoms with Gasteiger partial charge in [-0.3, -0.25) is 0 Å². The van der Waals surface area contributed by atoms with Gasteiger partial charge in [0.25, 0.3) is 0 Å². The Labute approximate surface area is 335 Å². The molecule has 0 saturated heterocycles. The van der Waals surface area contributed by atoms with Gasteiger partial charge in [0.15, 0.2) is 17.5 Å². The molecule has 57 heavy (non-hydrogen) atoms. The van der Waals surface area contributed by atoms with E-state index >= 15 is 0 Å². The summed E-state index contributed by atoms with van der Waals surface area (Å²) < 4.78 is 7.40. The van der Waals surface area contributed by atoms with Crippen LogP contribution in [0.5, 0.6) is 0 Å². The molecule has 4 nitrogen and oxygen atoms in total. The molecule has 0 atom stereocenters. The van der Waals surface area contributed by atoms with Gasteiger partial charge >= 0.3 is 0 Å². The molecular weight excluding hydrogens is 733 g/mol. The van der Waals surface area contributed by atoms with Crippen molar-refractivity contribution < 1.29 is 0 Å². The van der Waals surface area contributed by atoms with Crippen LogP contribution in [0.3, 0.4) is 0 Å². The first-order chi connectivity index (χ1) is 28.2. The molecule has 0 N–H and O–H groups in total. The van der Waals surface area contributed by atoms with Crippen molar-refractivity contribution in [3.8, 4) is 51.0 Å². The Morgan fingerprint density at radius 3 is 1.67 bits per heavy atom. The van der Waals surface area contributed by atoms with E-state index in [2.05, 4.69) is 150 Å². The second kappa shape index (κ2) is 12.8. The number of thiophene rings is 2. The fourth-order valence-electron chi connectivity index (χ4n) is 8.45. The van der Waals surface area contributed by atoms with Crippen molar-refractivity contribution >= 4 is 84.8 Å². The zero-order valence-corrected chi connectivity index (χ0v) is 32.1. The summed E-state index contributed by atoms with van der Waals surface area (Å²) in [7, 11) is 0. The van der Waals surface area contributed by atoms with Gasteiger partial charge in [-0.25, -0.2) is 15.0 Å². The lowest BCUT2D eigenvalue weighted by atomic mass is 9.96. The summed E-state index contributed by atoms with van der Waals surface area (Å²) in [6.07, 6.45) is 0. The Hall–Kier alpha value is -6.99. The van der Waals surface area contributed by atoms with Crippen molar-refractivity contribution in [3.05, 3.63) is 182 Å². The van der Waals surface area contributed by atoms with Crippen molar-refractivity contribution in [2.75, 3.05) is 0 Å². The Morgan fingerprint density at radius 1 is 0.351 bits per heavy atom. The maximum Gasteiger partial charge on any atom is 0.165 e. The summed E-state index contributed by atoms with van der Waals surface area (Å²) in [6, 6.07) is 64.8. The highest BCUT2D eigenvalue weighted by Crippen LogP contribution is 2.48. The average Bonchev–Trinajstić information content (AvgIpc) is 3.96. The summed E-state index contributed by atoms with van der Waals surface area (Å²) in [4.78, 5) is 15.6. The molecule has 0 aliphatic heterocycles. The molecule has 0 spiro atoms. The molecule has 0 saturated carbocycles. The maximum atomic E-state index is 5.27. The lowest BCUT2D eigenvalue weighted by Crippen LogP contribution is -2.00. The van der Waals surface area contributed by atoms with Gasteiger partial charge in [0.2, 0.25) is 0 Å². The van der Waals surface area contributed by atoms with Crippen LogP contribution in [0.25, 0.3) is 113 Å². The minimum Gasteiger partial charge on any atom is -0.309 e. The van der Waals surface area contributed by atoms with Gasteiger partial charge in [-0.05, 0) is 65.7 Å². The van der Waals surface area contributed by atoms with Gasteiger partial charge in [-0.2, -0.15) is 0 Å². The number of hydrogen-bond donors (Lipinski definition) is 0. The molecule has 6 heteroatoms. The molecule has 266 valence electrons. The highest BCUT2D eigenvalue weighted by atomic mass is 32.1. The molecule has 4 heterocycles. The number of para-hydroxylation sites is 2. The van der Waals surface area contributed by atoms with Crippen LogP contribution in [0, 0.1) is 0 Å². The summed E-state index contributed by atoms with van der Waals surface area (Å²) >= 11 is 3.68. The molecule has 0 unspecified atom stereocenters. The minimum atomic E-state index is 0.652. The second-order valence-corrected chi connectivity index (χ2v) is 16.5. The molecule has 0 fully saturated rings.